The summed E-state index contributed by atoms with van der Waals surface area (Å²) in [5, 5.41) is 3.32. The van der Waals surface area contributed by atoms with Crippen molar-refractivity contribution >= 4 is 23.1 Å². The average molecular weight is 278 g/mol. The minimum atomic E-state index is -0.319. The Morgan fingerprint density at radius 1 is 1.26 bits per heavy atom. The Bertz CT molecular complexity index is 599. The highest BCUT2D eigenvalue weighted by Crippen LogP contribution is 2.32. The van der Waals surface area contributed by atoms with E-state index in [9.17, 15) is 4.39 Å². The maximum Gasteiger partial charge on any atom is 0.146 e. The maximum absolute atomic E-state index is 13.6. The van der Waals surface area contributed by atoms with Gasteiger partial charge >= 0.3 is 0 Å². The third-order valence-electron chi connectivity index (χ3n) is 3.05. The summed E-state index contributed by atoms with van der Waals surface area (Å²) in [5.74, 6) is 1.61. The van der Waals surface area contributed by atoms with Crippen LogP contribution in [0.3, 0.4) is 0 Å². The van der Waals surface area contributed by atoms with Gasteiger partial charge in [0.2, 0.25) is 0 Å². The fraction of sp³-hybridized carbons (Fsp3) is 0.286. The molecule has 0 radical (unpaired) electrons. The van der Waals surface area contributed by atoms with Crippen LogP contribution in [0.1, 0.15) is 18.7 Å². The van der Waals surface area contributed by atoms with Gasteiger partial charge in [-0.2, -0.15) is 0 Å². The Labute approximate surface area is 115 Å². The lowest BCUT2D eigenvalue weighted by molar-refractivity contribution is 0.631. The van der Waals surface area contributed by atoms with Crippen LogP contribution in [0.2, 0.25) is 5.15 Å². The Balaban J connectivity index is 1.83. The van der Waals surface area contributed by atoms with Crippen molar-refractivity contribution in [2.24, 2.45) is 5.92 Å². The van der Waals surface area contributed by atoms with Crippen molar-refractivity contribution in [2.45, 2.75) is 19.3 Å². The number of hydrogen-bond donors (Lipinski definition) is 1. The zero-order valence-corrected chi connectivity index (χ0v) is 11.0. The van der Waals surface area contributed by atoms with Gasteiger partial charge in [0.1, 0.15) is 22.6 Å². The molecule has 3 nitrogen and oxygen atoms in total. The lowest BCUT2D eigenvalue weighted by Gasteiger charge is -2.08. The van der Waals surface area contributed by atoms with Crippen molar-refractivity contribution in [3.63, 3.8) is 0 Å². The molecule has 98 valence electrons. The summed E-state index contributed by atoms with van der Waals surface area (Å²) in [6.07, 6.45) is 3.30. The predicted octanol–water partition coefficient (Wildman–Crippen LogP) is 3.97. The molecular weight excluding hydrogens is 265 g/mol. The fourth-order valence-corrected chi connectivity index (χ4v) is 2.10. The van der Waals surface area contributed by atoms with E-state index in [0.717, 1.165) is 6.42 Å². The summed E-state index contributed by atoms with van der Waals surface area (Å²) in [6.45, 7) is 0. The van der Waals surface area contributed by atoms with Gasteiger partial charge in [-0.05, 0) is 30.9 Å². The van der Waals surface area contributed by atoms with Gasteiger partial charge in [0, 0.05) is 12.5 Å². The Hall–Kier alpha value is -1.68. The van der Waals surface area contributed by atoms with Gasteiger partial charge in [-0.15, -0.1) is 0 Å². The second-order valence-electron chi connectivity index (χ2n) is 4.74. The number of anilines is 2. The zero-order valence-electron chi connectivity index (χ0n) is 10.2. The van der Waals surface area contributed by atoms with Gasteiger partial charge in [-0.1, -0.05) is 23.7 Å². The van der Waals surface area contributed by atoms with Crippen molar-refractivity contribution in [1.29, 1.82) is 0 Å². The molecule has 0 atom stereocenters. The van der Waals surface area contributed by atoms with Gasteiger partial charge in [0.25, 0.3) is 0 Å². The molecule has 1 aromatic carbocycles. The second-order valence-corrected chi connectivity index (χ2v) is 5.13. The summed E-state index contributed by atoms with van der Waals surface area (Å²) in [7, 11) is 0. The highest BCUT2D eigenvalue weighted by molar-refractivity contribution is 6.29. The molecule has 1 aliphatic carbocycles. The molecular formula is C14H13ClFN3. The number of aromatic nitrogens is 2. The Kier molecular flexibility index (Phi) is 3.34. The van der Waals surface area contributed by atoms with Crippen molar-refractivity contribution in [3.05, 3.63) is 47.1 Å². The number of para-hydroxylation sites is 1. The van der Waals surface area contributed by atoms with E-state index in [2.05, 4.69) is 15.3 Å². The summed E-state index contributed by atoms with van der Waals surface area (Å²) in [4.78, 5) is 8.58. The SMILES string of the molecule is Fc1ccccc1Nc1cc(Cl)nc(CC2CC2)n1. The molecule has 0 unspecified atom stereocenters. The summed E-state index contributed by atoms with van der Waals surface area (Å²) < 4.78 is 13.6. The van der Waals surface area contributed by atoms with E-state index in [1.54, 1.807) is 24.3 Å². The molecule has 1 fully saturated rings. The molecule has 1 aliphatic rings. The smallest absolute Gasteiger partial charge is 0.146 e. The van der Waals surface area contributed by atoms with E-state index in [4.69, 9.17) is 11.6 Å². The topological polar surface area (TPSA) is 37.8 Å². The third-order valence-corrected chi connectivity index (χ3v) is 3.24. The Morgan fingerprint density at radius 3 is 2.79 bits per heavy atom. The highest BCUT2D eigenvalue weighted by Gasteiger charge is 2.23. The zero-order chi connectivity index (χ0) is 13.2. The quantitative estimate of drug-likeness (QED) is 0.860. The fourth-order valence-electron chi connectivity index (χ4n) is 1.90. The van der Waals surface area contributed by atoms with Crippen LogP contribution in [0.25, 0.3) is 0 Å². The molecule has 1 N–H and O–H groups in total. The molecule has 0 bridgehead atoms. The van der Waals surface area contributed by atoms with Gasteiger partial charge in [-0.25, -0.2) is 14.4 Å². The van der Waals surface area contributed by atoms with Crippen molar-refractivity contribution in [1.82, 2.24) is 9.97 Å². The average Bonchev–Trinajstić information content (AvgIpc) is 3.15. The first kappa shape index (κ1) is 12.4. The standard InChI is InChI=1S/C14H13ClFN3/c15-12-8-14(17-11-4-2-1-3-10(11)16)19-13(18-12)7-9-5-6-9/h1-4,8-9H,5-7H2,(H,17,18,19). The van der Waals surface area contributed by atoms with Gasteiger partial charge in [0.05, 0.1) is 5.69 Å². The van der Waals surface area contributed by atoms with E-state index in [0.29, 0.717) is 28.4 Å². The van der Waals surface area contributed by atoms with E-state index in [-0.39, 0.29) is 5.82 Å². The maximum atomic E-state index is 13.6. The van der Waals surface area contributed by atoms with Crippen LogP contribution in [0, 0.1) is 11.7 Å². The monoisotopic (exact) mass is 277 g/mol. The number of hydrogen-bond acceptors (Lipinski definition) is 3. The molecule has 19 heavy (non-hydrogen) atoms. The molecule has 0 spiro atoms. The number of halogens is 2. The van der Waals surface area contributed by atoms with Gasteiger partial charge < -0.3 is 5.32 Å². The van der Waals surface area contributed by atoms with E-state index >= 15 is 0 Å². The highest BCUT2D eigenvalue weighted by atomic mass is 35.5. The number of rotatable bonds is 4. The first-order chi connectivity index (χ1) is 9.20. The van der Waals surface area contributed by atoms with Crippen LogP contribution >= 0.6 is 11.6 Å². The first-order valence-corrected chi connectivity index (χ1v) is 6.63. The number of nitrogens with one attached hydrogen (secondary N) is 1. The molecule has 0 aliphatic heterocycles. The molecule has 1 saturated carbocycles. The molecule has 3 rings (SSSR count). The van der Waals surface area contributed by atoms with Crippen LogP contribution < -0.4 is 5.32 Å². The number of nitrogens with zero attached hydrogens (tertiary/aromatic N) is 2. The molecule has 1 aromatic heterocycles. The van der Waals surface area contributed by atoms with Crippen LogP contribution in [0.15, 0.2) is 30.3 Å². The Morgan fingerprint density at radius 2 is 2.05 bits per heavy atom. The van der Waals surface area contributed by atoms with Crippen molar-refractivity contribution in [3.8, 4) is 0 Å². The molecule has 0 saturated heterocycles. The largest absolute Gasteiger partial charge is 0.338 e. The van der Waals surface area contributed by atoms with E-state index < -0.39 is 0 Å². The van der Waals surface area contributed by atoms with E-state index in [1.807, 2.05) is 0 Å². The lowest BCUT2D eigenvalue weighted by Crippen LogP contribution is -2.02. The minimum Gasteiger partial charge on any atom is -0.338 e. The molecule has 2 aromatic rings. The molecule has 1 heterocycles. The second kappa shape index (κ2) is 5.13. The lowest BCUT2D eigenvalue weighted by atomic mass is 10.3. The number of benzene rings is 1. The summed E-state index contributed by atoms with van der Waals surface area (Å²) in [6, 6.07) is 8.07. The summed E-state index contributed by atoms with van der Waals surface area (Å²) >= 11 is 5.98. The van der Waals surface area contributed by atoms with Gasteiger partial charge in [0.15, 0.2) is 0 Å². The van der Waals surface area contributed by atoms with Crippen LogP contribution in [0.4, 0.5) is 15.9 Å². The van der Waals surface area contributed by atoms with Crippen LogP contribution in [-0.4, -0.2) is 9.97 Å². The van der Waals surface area contributed by atoms with Crippen LogP contribution in [0.5, 0.6) is 0 Å². The van der Waals surface area contributed by atoms with Crippen LogP contribution in [-0.2, 0) is 6.42 Å². The summed E-state index contributed by atoms with van der Waals surface area (Å²) in [5.41, 5.74) is 0.384. The first-order valence-electron chi connectivity index (χ1n) is 6.26. The predicted molar refractivity (Wildman–Crippen MR) is 73.2 cm³/mol. The van der Waals surface area contributed by atoms with E-state index in [1.165, 1.54) is 18.9 Å². The molecule has 0 amide bonds. The van der Waals surface area contributed by atoms with Crippen molar-refractivity contribution in [2.75, 3.05) is 5.32 Å². The molecule has 5 heteroatoms. The van der Waals surface area contributed by atoms with Gasteiger partial charge in [-0.3, -0.25) is 0 Å². The minimum absolute atomic E-state index is 0.319. The normalized spacial score (nSPS) is 14.4. The van der Waals surface area contributed by atoms with Crippen molar-refractivity contribution < 1.29 is 4.39 Å². The third kappa shape index (κ3) is 3.20.